The van der Waals surface area contributed by atoms with E-state index in [9.17, 15) is 4.79 Å². The minimum absolute atomic E-state index is 0.182. The number of primary amides is 1. The summed E-state index contributed by atoms with van der Waals surface area (Å²) in [6, 6.07) is 25.3. The first-order chi connectivity index (χ1) is 11.7. The Balaban J connectivity index is 1.92. The highest BCUT2D eigenvalue weighted by atomic mass is 16.7. The second-order valence-corrected chi connectivity index (χ2v) is 5.46. The molecule has 117 valence electrons. The van der Waals surface area contributed by atoms with Gasteiger partial charge >= 0.3 is 5.79 Å². The Bertz CT molecular complexity index is 852. The molecule has 4 nitrogen and oxygen atoms in total. The van der Waals surface area contributed by atoms with Crippen LogP contribution in [0.15, 0.2) is 72.8 Å². The van der Waals surface area contributed by atoms with Gasteiger partial charge in [0, 0.05) is 11.1 Å². The van der Waals surface area contributed by atoms with Gasteiger partial charge in [0.2, 0.25) is 0 Å². The average molecular weight is 316 g/mol. The van der Waals surface area contributed by atoms with Crippen molar-refractivity contribution in [2.45, 2.75) is 5.79 Å². The van der Waals surface area contributed by atoms with Crippen LogP contribution in [0, 0.1) is 6.07 Å². The first-order valence-corrected chi connectivity index (χ1v) is 7.54. The van der Waals surface area contributed by atoms with Crippen LogP contribution in [-0.4, -0.2) is 5.91 Å². The molecule has 3 aromatic rings. The highest BCUT2D eigenvalue weighted by Crippen LogP contribution is 2.48. The number of nitrogens with two attached hydrogens (primary N) is 1. The van der Waals surface area contributed by atoms with Gasteiger partial charge in [0.05, 0.1) is 5.56 Å². The third kappa shape index (κ3) is 2.12. The Morgan fingerprint density at radius 2 is 1.46 bits per heavy atom. The molecule has 4 heteroatoms. The Morgan fingerprint density at radius 1 is 0.875 bits per heavy atom. The van der Waals surface area contributed by atoms with Crippen molar-refractivity contribution < 1.29 is 14.3 Å². The fraction of sp³-hybridized carbons (Fsp3) is 0.0500. The monoisotopic (exact) mass is 316 g/mol. The molecule has 4 rings (SSSR count). The third-order valence-corrected chi connectivity index (χ3v) is 3.97. The first-order valence-electron chi connectivity index (χ1n) is 7.54. The maximum Gasteiger partial charge on any atom is 0.305 e. The van der Waals surface area contributed by atoms with E-state index in [-0.39, 0.29) is 5.56 Å². The first kappa shape index (κ1) is 14.3. The van der Waals surface area contributed by atoms with Crippen LogP contribution in [0.2, 0.25) is 0 Å². The SMILES string of the molecule is NC(=O)c1[c]ccc2c1OC(c1ccccc1)(c1ccccc1)O2. The summed E-state index contributed by atoms with van der Waals surface area (Å²) in [5.74, 6) is -0.982. The minimum atomic E-state index is -1.16. The zero-order valence-corrected chi connectivity index (χ0v) is 12.7. The summed E-state index contributed by atoms with van der Waals surface area (Å²) in [6.07, 6.45) is 0. The Morgan fingerprint density at radius 3 is 2.00 bits per heavy atom. The van der Waals surface area contributed by atoms with E-state index in [1.807, 2.05) is 60.7 Å². The van der Waals surface area contributed by atoms with E-state index in [1.165, 1.54) is 0 Å². The number of carbonyl (C=O) groups excluding carboxylic acids is 1. The van der Waals surface area contributed by atoms with Gasteiger partial charge in [-0.2, -0.15) is 0 Å². The maximum absolute atomic E-state index is 11.7. The topological polar surface area (TPSA) is 61.6 Å². The molecule has 24 heavy (non-hydrogen) atoms. The molecule has 1 amide bonds. The van der Waals surface area contributed by atoms with Crippen LogP contribution < -0.4 is 15.2 Å². The van der Waals surface area contributed by atoms with Gasteiger partial charge in [-0.1, -0.05) is 60.7 Å². The number of carbonyl (C=O) groups is 1. The third-order valence-electron chi connectivity index (χ3n) is 3.97. The van der Waals surface area contributed by atoms with Crippen LogP contribution in [0.5, 0.6) is 11.5 Å². The zero-order chi connectivity index (χ0) is 16.6. The largest absolute Gasteiger partial charge is 0.440 e. The van der Waals surface area contributed by atoms with E-state index in [0.717, 1.165) is 11.1 Å². The van der Waals surface area contributed by atoms with Gasteiger partial charge in [0.1, 0.15) is 0 Å². The number of benzene rings is 3. The van der Waals surface area contributed by atoms with E-state index in [0.29, 0.717) is 11.5 Å². The smallest absolute Gasteiger partial charge is 0.305 e. The summed E-state index contributed by atoms with van der Waals surface area (Å²) >= 11 is 0. The van der Waals surface area contributed by atoms with Gasteiger partial charge < -0.3 is 15.2 Å². The van der Waals surface area contributed by atoms with Gasteiger partial charge in [-0.3, -0.25) is 4.79 Å². The van der Waals surface area contributed by atoms with Crippen LogP contribution in [0.25, 0.3) is 0 Å². The van der Waals surface area contributed by atoms with E-state index in [2.05, 4.69) is 6.07 Å². The van der Waals surface area contributed by atoms with Crippen LogP contribution in [-0.2, 0) is 5.79 Å². The van der Waals surface area contributed by atoms with Gasteiger partial charge in [0.25, 0.3) is 5.91 Å². The lowest BCUT2D eigenvalue weighted by atomic mass is 9.97. The summed E-state index contributed by atoms with van der Waals surface area (Å²) in [5.41, 5.74) is 7.27. The molecular weight excluding hydrogens is 302 g/mol. The second kappa shape index (κ2) is 5.42. The molecule has 0 spiro atoms. The van der Waals surface area contributed by atoms with Gasteiger partial charge in [-0.25, -0.2) is 0 Å². The van der Waals surface area contributed by atoms with Crippen molar-refractivity contribution >= 4 is 5.91 Å². The van der Waals surface area contributed by atoms with Gasteiger partial charge in [-0.15, -0.1) is 0 Å². The van der Waals surface area contributed by atoms with Crippen molar-refractivity contribution in [3.8, 4) is 11.5 Å². The van der Waals surface area contributed by atoms with E-state index >= 15 is 0 Å². The predicted octanol–water partition coefficient (Wildman–Crippen LogP) is 3.26. The minimum Gasteiger partial charge on any atom is -0.440 e. The summed E-state index contributed by atoms with van der Waals surface area (Å²) in [7, 11) is 0. The normalized spacial score (nSPS) is 14.3. The van der Waals surface area contributed by atoms with E-state index in [4.69, 9.17) is 15.2 Å². The molecule has 0 fully saturated rings. The highest BCUT2D eigenvalue weighted by Gasteiger charge is 2.46. The molecule has 1 aliphatic heterocycles. The van der Waals surface area contributed by atoms with Crippen molar-refractivity contribution in [1.29, 1.82) is 0 Å². The Labute approximate surface area is 139 Å². The number of ether oxygens (including phenoxy) is 2. The molecule has 1 radical (unpaired) electrons. The highest BCUT2D eigenvalue weighted by molar-refractivity contribution is 5.96. The predicted molar refractivity (Wildman–Crippen MR) is 88.7 cm³/mol. The van der Waals surface area contributed by atoms with Crippen LogP contribution in [0.4, 0.5) is 0 Å². The average Bonchev–Trinajstić information content (AvgIpc) is 3.04. The number of fused-ring (bicyclic) bond motifs is 1. The standard InChI is InChI=1S/C20H14NO3/c21-19(22)16-12-7-13-17-18(16)24-20(23-17,14-8-3-1-4-9-14)15-10-5-2-6-11-15/h1-11,13H,(H2,21,22). The van der Waals surface area contributed by atoms with E-state index in [1.54, 1.807) is 12.1 Å². The van der Waals surface area contributed by atoms with Crippen molar-refractivity contribution in [3.63, 3.8) is 0 Å². The lowest BCUT2D eigenvalue weighted by Gasteiger charge is -2.28. The van der Waals surface area contributed by atoms with Gasteiger partial charge in [-0.05, 0) is 18.2 Å². The lowest BCUT2D eigenvalue weighted by molar-refractivity contribution is -0.0460. The van der Waals surface area contributed by atoms with Crippen molar-refractivity contribution in [3.05, 3.63) is 95.6 Å². The molecular formula is C20H14NO3. The van der Waals surface area contributed by atoms with Crippen LogP contribution >= 0.6 is 0 Å². The molecule has 0 atom stereocenters. The Kier molecular flexibility index (Phi) is 3.24. The van der Waals surface area contributed by atoms with Gasteiger partial charge in [0.15, 0.2) is 11.5 Å². The number of amides is 1. The summed E-state index contributed by atoms with van der Waals surface area (Å²) in [6.45, 7) is 0. The molecule has 3 aromatic carbocycles. The molecule has 0 unspecified atom stereocenters. The summed E-state index contributed by atoms with van der Waals surface area (Å²) in [4.78, 5) is 11.7. The summed E-state index contributed by atoms with van der Waals surface area (Å²) < 4.78 is 12.4. The van der Waals surface area contributed by atoms with E-state index < -0.39 is 11.7 Å². The molecule has 0 aliphatic carbocycles. The lowest BCUT2D eigenvalue weighted by Crippen LogP contribution is -2.37. The fourth-order valence-electron chi connectivity index (χ4n) is 2.87. The molecule has 0 saturated heterocycles. The molecule has 1 aliphatic rings. The molecule has 0 bridgehead atoms. The molecule has 2 N–H and O–H groups in total. The van der Waals surface area contributed by atoms with Crippen LogP contribution in [0.1, 0.15) is 21.5 Å². The summed E-state index contributed by atoms with van der Waals surface area (Å²) in [5, 5.41) is 0. The number of rotatable bonds is 3. The van der Waals surface area contributed by atoms with Crippen molar-refractivity contribution in [2.24, 2.45) is 5.73 Å². The van der Waals surface area contributed by atoms with Crippen LogP contribution in [0.3, 0.4) is 0 Å². The van der Waals surface area contributed by atoms with Crippen molar-refractivity contribution in [1.82, 2.24) is 0 Å². The fourth-order valence-corrected chi connectivity index (χ4v) is 2.87. The van der Waals surface area contributed by atoms with Crippen molar-refractivity contribution in [2.75, 3.05) is 0 Å². The quantitative estimate of drug-likeness (QED) is 0.807. The number of hydrogen-bond donors (Lipinski definition) is 1. The molecule has 0 saturated carbocycles. The Hall–Kier alpha value is -3.27. The second-order valence-electron chi connectivity index (χ2n) is 5.46. The molecule has 1 heterocycles. The zero-order valence-electron chi connectivity index (χ0n) is 12.7. The number of hydrogen-bond acceptors (Lipinski definition) is 3. The molecule has 0 aromatic heterocycles. The maximum atomic E-state index is 11.7.